The molecular formula is C16H23F2NO2. The first-order chi connectivity index (χ1) is 9.48. The molecule has 1 aromatic carbocycles. The minimum atomic E-state index is -0.822. The van der Waals surface area contributed by atoms with E-state index in [0.29, 0.717) is 0 Å². The van der Waals surface area contributed by atoms with Gasteiger partial charge in [-0.1, -0.05) is 20.8 Å². The molecule has 0 aliphatic rings. The monoisotopic (exact) mass is 299 g/mol. The SMILES string of the molecule is CC(C)(C)CC(C)(C)NC(=O)COc1ccc(F)cc1F. The summed E-state index contributed by atoms with van der Waals surface area (Å²) < 4.78 is 31.2. The maximum absolute atomic E-state index is 13.4. The molecule has 0 saturated carbocycles. The third-order valence-electron chi connectivity index (χ3n) is 2.70. The molecule has 0 aliphatic carbocycles. The first kappa shape index (κ1) is 17.4. The fraction of sp³-hybridized carbons (Fsp3) is 0.562. The molecule has 0 unspecified atom stereocenters. The maximum atomic E-state index is 13.4. The Morgan fingerprint density at radius 1 is 1.19 bits per heavy atom. The largest absolute Gasteiger partial charge is 0.481 e. The average molecular weight is 299 g/mol. The van der Waals surface area contributed by atoms with Crippen molar-refractivity contribution in [1.82, 2.24) is 5.32 Å². The molecule has 5 heteroatoms. The zero-order chi connectivity index (χ0) is 16.3. The van der Waals surface area contributed by atoms with Crippen LogP contribution in [0, 0.1) is 17.0 Å². The van der Waals surface area contributed by atoms with Crippen LogP contribution in [0.1, 0.15) is 41.0 Å². The minimum Gasteiger partial charge on any atom is -0.481 e. The molecular weight excluding hydrogens is 276 g/mol. The van der Waals surface area contributed by atoms with Crippen molar-refractivity contribution in [2.24, 2.45) is 5.41 Å². The van der Waals surface area contributed by atoms with Crippen molar-refractivity contribution < 1.29 is 18.3 Å². The predicted octanol–water partition coefficient (Wildman–Crippen LogP) is 3.67. The van der Waals surface area contributed by atoms with E-state index in [9.17, 15) is 13.6 Å². The Labute approximate surface area is 124 Å². The van der Waals surface area contributed by atoms with E-state index in [0.717, 1.165) is 24.6 Å². The van der Waals surface area contributed by atoms with Gasteiger partial charge in [0.25, 0.3) is 5.91 Å². The highest BCUT2D eigenvalue weighted by Crippen LogP contribution is 2.26. The summed E-state index contributed by atoms with van der Waals surface area (Å²) in [6, 6.07) is 2.97. The molecule has 0 atom stereocenters. The third-order valence-corrected chi connectivity index (χ3v) is 2.70. The molecule has 3 nitrogen and oxygen atoms in total. The predicted molar refractivity (Wildman–Crippen MR) is 78.1 cm³/mol. The summed E-state index contributed by atoms with van der Waals surface area (Å²) in [5.41, 5.74) is -0.319. The summed E-state index contributed by atoms with van der Waals surface area (Å²) in [7, 11) is 0. The van der Waals surface area contributed by atoms with Gasteiger partial charge >= 0.3 is 0 Å². The molecule has 21 heavy (non-hydrogen) atoms. The van der Waals surface area contributed by atoms with E-state index < -0.39 is 11.6 Å². The van der Waals surface area contributed by atoms with E-state index in [2.05, 4.69) is 26.1 Å². The first-order valence-electron chi connectivity index (χ1n) is 6.87. The van der Waals surface area contributed by atoms with Crippen LogP contribution in [0.2, 0.25) is 0 Å². The molecule has 0 heterocycles. The number of rotatable bonds is 5. The number of ether oxygens (including phenoxy) is 1. The van der Waals surface area contributed by atoms with Gasteiger partial charge in [0.2, 0.25) is 0 Å². The van der Waals surface area contributed by atoms with Gasteiger partial charge in [-0.2, -0.15) is 0 Å². The highest BCUT2D eigenvalue weighted by atomic mass is 19.1. The summed E-state index contributed by atoms with van der Waals surface area (Å²) in [6.07, 6.45) is 0.788. The number of carbonyl (C=O) groups excluding carboxylic acids is 1. The molecule has 0 saturated heterocycles. The van der Waals surface area contributed by atoms with Crippen molar-refractivity contribution in [3.63, 3.8) is 0 Å². The van der Waals surface area contributed by atoms with Crippen LogP contribution < -0.4 is 10.1 Å². The van der Waals surface area contributed by atoms with Crippen LogP contribution in [-0.2, 0) is 4.79 Å². The molecule has 0 aliphatic heterocycles. The number of amides is 1. The highest BCUT2D eigenvalue weighted by molar-refractivity contribution is 5.78. The van der Waals surface area contributed by atoms with Gasteiger partial charge in [0.05, 0.1) is 0 Å². The minimum absolute atomic E-state index is 0.0701. The van der Waals surface area contributed by atoms with E-state index >= 15 is 0 Å². The lowest BCUT2D eigenvalue weighted by molar-refractivity contribution is -0.125. The lowest BCUT2D eigenvalue weighted by Gasteiger charge is -2.33. The fourth-order valence-corrected chi connectivity index (χ4v) is 2.52. The van der Waals surface area contributed by atoms with Gasteiger partial charge in [-0.25, -0.2) is 8.78 Å². The van der Waals surface area contributed by atoms with Crippen molar-refractivity contribution in [1.29, 1.82) is 0 Å². The third kappa shape index (κ3) is 6.56. The summed E-state index contributed by atoms with van der Waals surface area (Å²) >= 11 is 0. The van der Waals surface area contributed by atoms with Crippen molar-refractivity contribution in [2.75, 3.05) is 6.61 Å². The van der Waals surface area contributed by atoms with Crippen LogP contribution in [-0.4, -0.2) is 18.1 Å². The number of carbonyl (C=O) groups is 1. The summed E-state index contributed by atoms with van der Waals surface area (Å²) in [4.78, 5) is 11.9. The number of halogens is 2. The van der Waals surface area contributed by atoms with Gasteiger partial charge in [-0.3, -0.25) is 4.79 Å². The second-order valence-corrected chi connectivity index (χ2v) is 7.03. The molecule has 0 spiro atoms. The molecule has 1 N–H and O–H groups in total. The van der Waals surface area contributed by atoms with Crippen LogP contribution in [0.4, 0.5) is 8.78 Å². The lowest BCUT2D eigenvalue weighted by Crippen LogP contribution is -2.47. The molecule has 118 valence electrons. The number of nitrogens with one attached hydrogen (secondary N) is 1. The van der Waals surface area contributed by atoms with E-state index in [1.54, 1.807) is 0 Å². The van der Waals surface area contributed by atoms with Crippen molar-refractivity contribution >= 4 is 5.91 Å². The Morgan fingerprint density at radius 3 is 2.33 bits per heavy atom. The van der Waals surface area contributed by atoms with Crippen LogP contribution >= 0.6 is 0 Å². The molecule has 1 rings (SSSR count). The second kappa shape index (κ2) is 6.41. The zero-order valence-corrected chi connectivity index (χ0v) is 13.2. The standard InChI is InChI=1S/C16H23F2NO2/c1-15(2,3)10-16(4,5)19-14(20)9-21-13-7-6-11(17)8-12(13)18/h6-8H,9-10H2,1-5H3,(H,19,20). The van der Waals surface area contributed by atoms with Crippen LogP contribution in [0.25, 0.3) is 0 Å². The van der Waals surface area contributed by atoms with E-state index in [1.165, 1.54) is 0 Å². The Balaban J connectivity index is 2.54. The van der Waals surface area contributed by atoms with Gasteiger partial charge in [-0.15, -0.1) is 0 Å². The zero-order valence-electron chi connectivity index (χ0n) is 13.2. The Morgan fingerprint density at radius 2 is 1.81 bits per heavy atom. The molecule has 0 fully saturated rings. The first-order valence-corrected chi connectivity index (χ1v) is 6.87. The number of hydrogen-bond acceptors (Lipinski definition) is 2. The van der Waals surface area contributed by atoms with E-state index in [4.69, 9.17) is 4.74 Å². The molecule has 0 radical (unpaired) electrons. The molecule has 1 amide bonds. The Kier molecular flexibility index (Phi) is 5.31. The summed E-state index contributed by atoms with van der Waals surface area (Å²) in [5.74, 6) is -1.99. The van der Waals surface area contributed by atoms with E-state index in [-0.39, 0.29) is 29.2 Å². The van der Waals surface area contributed by atoms with Gasteiger partial charge in [-0.05, 0) is 37.8 Å². The maximum Gasteiger partial charge on any atom is 0.258 e. The molecule has 1 aromatic rings. The fourth-order valence-electron chi connectivity index (χ4n) is 2.52. The van der Waals surface area contributed by atoms with Gasteiger partial charge in [0, 0.05) is 11.6 Å². The topological polar surface area (TPSA) is 38.3 Å². The van der Waals surface area contributed by atoms with Crippen molar-refractivity contribution in [2.45, 2.75) is 46.6 Å². The molecule has 0 bridgehead atoms. The van der Waals surface area contributed by atoms with Crippen molar-refractivity contribution in [3.8, 4) is 5.75 Å². The number of hydrogen-bond donors (Lipinski definition) is 1. The quantitative estimate of drug-likeness (QED) is 0.901. The average Bonchev–Trinajstić information content (AvgIpc) is 2.23. The van der Waals surface area contributed by atoms with Gasteiger partial charge in [0.1, 0.15) is 5.82 Å². The van der Waals surface area contributed by atoms with Gasteiger partial charge < -0.3 is 10.1 Å². The van der Waals surface area contributed by atoms with Crippen LogP contribution in [0.3, 0.4) is 0 Å². The Hall–Kier alpha value is -1.65. The lowest BCUT2D eigenvalue weighted by atomic mass is 9.82. The van der Waals surface area contributed by atoms with Crippen molar-refractivity contribution in [3.05, 3.63) is 29.8 Å². The summed E-state index contributed by atoms with van der Waals surface area (Å²) in [6.45, 7) is 9.81. The summed E-state index contributed by atoms with van der Waals surface area (Å²) in [5, 5.41) is 2.85. The smallest absolute Gasteiger partial charge is 0.258 e. The van der Waals surface area contributed by atoms with E-state index in [1.807, 2.05) is 13.8 Å². The normalized spacial score (nSPS) is 12.1. The van der Waals surface area contributed by atoms with Gasteiger partial charge in [0.15, 0.2) is 18.2 Å². The highest BCUT2D eigenvalue weighted by Gasteiger charge is 2.27. The van der Waals surface area contributed by atoms with Crippen LogP contribution in [0.5, 0.6) is 5.75 Å². The van der Waals surface area contributed by atoms with Crippen LogP contribution in [0.15, 0.2) is 18.2 Å². The second-order valence-electron chi connectivity index (χ2n) is 7.03. The Bertz CT molecular complexity index is 507. The number of benzene rings is 1. The molecule has 0 aromatic heterocycles.